The van der Waals surface area contributed by atoms with Crippen molar-refractivity contribution in [3.05, 3.63) is 47.1 Å². The predicted octanol–water partition coefficient (Wildman–Crippen LogP) is 2.53. The van der Waals surface area contributed by atoms with Crippen LogP contribution in [-0.2, 0) is 6.42 Å². The number of nitrogens with zero attached hydrogens (tertiary/aromatic N) is 2. The van der Waals surface area contributed by atoms with Crippen molar-refractivity contribution in [2.45, 2.75) is 26.7 Å². The lowest BCUT2D eigenvalue weighted by Crippen LogP contribution is -2.25. The van der Waals surface area contributed by atoms with Crippen LogP contribution in [0.4, 0.5) is 0 Å². The van der Waals surface area contributed by atoms with Crippen molar-refractivity contribution >= 4 is 16.9 Å². The zero-order chi connectivity index (χ0) is 15.5. The van der Waals surface area contributed by atoms with E-state index >= 15 is 0 Å². The summed E-state index contributed by atoms with van der Waals surface area (Å²) in [6.45, 7) is 4.09. The molecule has 6 nitrogen and oxygen atoms in total. The van der Waals surface area contributed by atoms with E-state index in [0.717, 1.165) is 29.7 Å². The van der Waals surface area contributed by atoms with Gasteiger partial charge in [0.1, 0.15) is 17.1 Å². The van der Waals surface area contributed by atoms with Crippen molar-refractivity contribution in [2.75, 3.05) is 6.54 Å². The number of fused-ring (bicyclic) bond motifs is 1. The molecule has 2 aromatic heterocycles. The van der Waals surface area contributed by atoms with E-state index in [4.69, 9.17) is 4.52 Å². The third-order valence-corrected chi connectivity index (χ3v) is 3.57. The molecule has 0 bridgehead atoms. The largest absolute Gasteiger partial charge is 0.361 e. The Morgan fingerprint density at radius 3 is 2.86 bits per heavy atom. The topological polar surface area (TPSA) is 83.8 Å². The highest BCUT2D eigenvalue weighted by molar-refractivity contribution is 5.96. The zero-order valence-corrected chi connectivity index (χ0v) is 12.6. The average molecular weight is 298 g/mol. The van der Waals surface area contributed by atoms with Crippen LogP contribution in [0.15, 0.2) is 28.8 Å². The molecule has 2 heterocycles. The minimum atomic E-state index is -0.138. The second-order valence-corrected chi connectivity index (χ2v) is 5.26. The number of nitrogens with one attached hydrogen (secondary N) is 2. The molecule has 1 aromatic carbocycles. The van der Waals surface area contributed by atoms with Gasteiger partial charge >= 0.3 is 0 Å². The molecular weight excluding hydrogens is 280 g/mol. The van der Waals surface area contributed by atoms with Crippen LogP contribution in [0.25, 0.3) is 11.0 Å². The number of para-hydroxylation sites is 2. The second kappa shape index (κ2) is 6.01. The van der Waals surface area contributed by atoms with Gasteiger partial charge in [0, 0.05) is 13.0 Å². The van der Waals surface area contributed by atoms with E-state index in [2.05, 4.69) is 20.4 Å². The molecule has 0 saturated heterocycles. The fourth-order valence-electron chi connectivity index (χ4n) is 2.48. The number of aryl methyl sites for hydroxylation is 3. The number of hydrogen-bond acceptors (Lipinski definition) is 4. The first-order chi connectivity index (χ1) is 10.6. The molecule has 22 heavy (non-hydrogen) atoms. The normalized spacial score (nSPS) is 11.0. The van der Waals surface area contributed by atoms with E-state index in [9.17, 15) is 4.79 Å². The van der Waals surface area contributed by atoms with Gasteiger partial charge in [-0.15, -0.1) is 0 Å². The Bertz CT molecular complexity index is 751. The number of imidazole rings is 1. The molecule has 0 aliphatic rings. The second-order valence-electron chi connectivity index (χ2n) is 5.26. The van der Waals surface area contributed by atoms with E-state index < -0.39 is 0 Å². The quantitative estimate of drug-likeness (QED) is 0.709. The molecule has 0 spiro atoms. The molecule has 0 aliphatic carbocycles. The van der Waals surface area contributed by atoms with Gasteiger partial charge in [0.2, 0.25) is 0 Å². The van der Waals surface area contributed by atoms with E-state index in [-0.39, 0.29) is 5.91 Å². The molecule has 1 amide bonds. The summed E-state index contributed by atoms with van der Waals surface area (Å²) in [6, 6.07) is 7.94. The van der Waals surface area contributed by atoms with Gasteiger partial charge in [-0.3, -0.25) is 4.79 Å². The summed E-state index contributed by atoms with van der Waals surface area (Å²) in [5, 5.41) is 6.68. The first-order valence-corrected chi connectivity index (χ1v) is 7.30. The highest BCUT2D eigenvalue weighted by Crippen LogP contribution is 2.12. The van der Waals surface area contributed by atoms with Crippen LogP contribution in [0, 0.1) is 13.8 Å². The number of amides is 1. The molecule has 0 atom stereocenters. The molecule has 0 fully saturated rings. The predicted molar refractivity (Wildman–Crippen MR) is 82.7 cm³/mol. The van der Waals surface area contributed by atoms with Crippen LogP contribution < -0.4 is 5.32 Å². The molecule has 114 valence electrons. The molecule has 6 heteroatoms. The lowest BCUT2D eigenvalue weighted by atomic mass is 10.2. The summed E-state index contributed by atoms with van der Waals surface area (Å²) in [6.07, 6.45) is 1.60. The summed E-state index contributed by atoms with van der Waals surface area (Å²) < 4.78 is 5.00. The van der Waals surface area contributed by atoms with Crippen molar-refractivity contribution < 1.29 is 9.32 Å². The molecule has 0 aliphatic heterocycles. The maximum Gasteiger partial charge on any atom is 0.256 e. The number of carbonyl (C=O) groups excluding carboxylic acids is 1. The number of benzene rings is 1. The first kappa shape index (κ1) is 14.3. The van der Waals surface area contributed by atoms with Crippen molar-refractivity contribution in [3.63, 3.8) is 0 Å². The standard InChI is InChI=1S/C16H18N4O2/c1-10-15(11(2)22-20-10)16(21)17-9-5-8-14-18-12-6-3-4-7-13(12)19-14/h3-4,6-7H,5,8-9H2,1-2H3,(H,17,21)(H,18,19). The van der Waals surface area contributed by atoms with Crippen LogP contribution in [0.3, 0.4) is 0 Å². The van der Waals surface area contributed by atoms with Crippen molar-refractivity contribution in [1.29, 1.82) is 0 Å². The van der Waals surface area contributed by atoms with Crippen LogP contribution in [-0.4, -0.2) is 27.6 Å². The van der Waals surface area contributed by atoms with Crippen molar-refractivity contribution in [3.8, 4) is 0 Å². The number of aromatic nitrogens is 3. The maximum absolute atomic E-state index is 12.1. The Kier molecular flexibility index (Phi) is 3.91. The van der Waals surface area contributed by atoms with Gasteiger partial charge in [-0.25, -0.2) is 4.98 Å². The molecule has 2 N–H and O–H groups in total. The van der Waals surface area contributed by atoms with Crippen LogP contribution in [0.1, 0.15) is 34.1 Å². The van der Waals surface area contributed by atoms with Gasteiger partial charge in [-0.2, -0.15) is 0 Å². The summed E-state index contributed by atoms with van der Waals surface area (Å²) in [4.78, 5) is 19.9. The summed E-state index contributed by atoms with van der Waals surface area (Å²) in [5.74, 6) is 1.35. The third kappa shape index (κ3) is 2.86. The van der Waals surface area contributed by atoms with Gasteiger partial charge in [0.05, 0.1) is 16.7 Å². The smallest absolute Gasteiger partial charge is 0.256 e. The maximum atomic E-state index is 12.1. The van der Waals surface area contributed by atoms with E-state index in [1.54, 1.807) is 13.8 Å². The van der Waals surface area contributed by atoms with Gasteiger partial charge < -0.3 is 14.8 Å². The number of rotatable bonds is 5. The molecule has 3 aromatic rings. The fraction of sp³-hybridized carbons (Fsp3) is 0.312. The number of carbonyl (C=O) groups is 1. The molecule has 0 saturated carbocycles. The molecule has 0 radical (unpaired) electrons. The molecular formula is C16H18N4O2. The third-order valence-electron chi connectivity index (χ3n) is 3.57. The molecule has 3 rings (SSSR count). The zero-order valence-electron chi connectivity index (χ0n) is 12.6. The van der Waals surface area contributed by atoms with E-state index in [1.165, 1.54) is 0 Å². The van der Waals surface area contributed by atoms with Crippen LogP contribution >= 0.6 is 0 Å². The Labute approximate surface area is 127 Å². The van der Waals surface area contributed by atoms with E-state index in [0.29, 0.717) is 23.6 Å². The Balaban J connectivity index is 1.52. The number of hydrogen-bond donors (Lipinski definition) is 2. The Morgan fingerprint density at radius 1 is 1.32 bits per heavy atom. The minimum absolute atomic E-state index is 0.138. The SMILES string of the molecule is Cc1noc(C)c1C(=O)NCCCc1nc2ccccc2[nH]1. The van der Waals surface area contributed by atoms with E-state index in [1.807, 2.05) is 24.3 Å². The lowest BCUT2D eigenvalue weighted by Gasteiger charge is -2.03. The summed E-state index contributed by atoms with van der Waals surface area (Å²) >= 11 is 0. The Hall–Kier alpha value is -2.63. The lowest BCUT2D eigenvalue weighted by molar-refractivity contribution is 0.0951. The van der Waals surface area contributed by atoms with Crippen LogP contribution in [0.2, 0.25) is 0 Å². The van der Waals surface area contributed by atoms with Crippen molar-refractivity contribution in [1.82, 2.24) is 20.4 Å². The average Bonchev–Trinajstić information content (AvgIpc) is 3.06. The van der Waals surface area contributed by atoms with Gasteiger partial charge in [-0.05, 0) is 32.4 Å². The highest BCUT2D eigenvalue weighted by Gasteiger charge is 2.16. The molecule has 0 unspecified atom stereocenters. The highest BCUT2D eigenvalue weighted by atomic mass is 16.5. The van der Waals surface area contributed by atoms with Gasteiger partial charge in [0.25, 0.3) is 5.91 Å². The minimum Gasteiger partial charge on any atom is -0.361 e. The number of aromatic amines is 1. The summed E-state index contributed by atoms with van der Waals surface area (Å²) in [5.41, 5.74) is 3.16. The van der Waals surface area contributed by atoms with Gasteiger partial charge in [-0.1, -0.05) is 17.3 Å². The summed E-state index contributed by atoms with van der Waals surface area (Å²) in [7, 11) is 0. The van der Waals surface area contributed by atoms with Gasteiger partial charge in [0.15, 0.2) is 0 Å². The van der Waals surface area contributed by atoms with Crippen LogP contribution in [0.5, 0.6) is 0 Å². The van der Waals surface area contributed by atoms with Crippen molar-refractivity contribution in [2.24, 2.45) is 0 Å². The monoisotopic (exact) mass is 298 g/mol. The number of H-pyrrole nitrogens is 1. The Morgan fingerprint density at radius 2 is 2.14 bits per heavy atom. The first-order valence-electron chi connectivity index (χ1n) is 7.30. The fourth-order valence-corrected chi connectivity index (χ4v) is 2.48.